The summed E-state index contributed by atoms with van der Waals surface area (Å²) in [5, 5.41) is 4.12. The second kappa shape index (κ2) is 5.85. The van der Waals surface area contributed by atoms with Crippen molar-refractivity contribution in [1.82, 2.24) is 15.0 Å². The fraction of sp³-hybridized carbons (Fsp3) is 0.529. The van der Waals surface area contributed by atoms with Crippen molar-refractivity contribution in [2.24, 2.45) is 5.92 Å². The van der Waals surface area contributed by atoms with Gasteiger partial charge in [-0.1, -0.05) is 5.16 Å². The second-order valence-corrected chi connectivity index (χ2v) is 6.34. The van der Waals surface area contributed by atoms with E-state index in [0.29, 0.717) is 23.5 Å². The third-order valence-corrected chi connectivity index (χ3v) is 4.98. The molecule has 6 nitrogen and oxygen atoms in total. The molecule has 1 aromatic heterocycles. The molecule has 2 unspecified atom stereocenters. The normalized spacial score (nSPS) is 23.4. The molecule has 2 atom stereocenters. The number of benzene rings is 1. The van der Waals surface area contributed by atoms with Crippen LogP contribution in [-0.4, -0.2) is 41.8 Å². The molecule has 1 saturated heterocycles. The molecule has 6 heteroatoms. The summed E-state index contributed by atoms with van der Waals surface area (Å²) < 4.78 is 16.1. The highest BCUT2D eigenvalue weighted by atomic mass is 16.5. The lowest BCUT2D eigenvalue weighted by Gasteiger charge is -2.24. The Labute approximate surface area is 135 Å². The Morgan fingerprint density at radius 1 is 1.26 bits per heavy atom. The van der Waals surface area contributed by atoms with Gasteiger partial charge in [-0.05, 0) is 37.3 Å². The van der Waals surface area contributed by atoms with Crippen LogP contribution in [0.25, 0.3) is 11.4 Å². The van der Waals surface area contributed by atoms with Gasteiger partial charge in [-0.3, -0.25) is 4.90 Å². The molecule has 2 bridgehead atoms. The van der Waals surface area contributed by atoms with Crippen LogP contribution in [0.2, 0.25) is 0 Å². The van der Waals surface area contributed by atoms with Crippen molar-refractivity contribution >= 4 is 0 Å². The summed E-state index contributed by atoms with van der Waals surface area (Å²) in [4.78, 5) is 7.02. The molecule has 0 radical (unpaired) electrons. The molecule has 23 heavy (non-hydrogen) atoms. The minimum atomic E-state index is 0.559. The number of methoxy groups -OCH3 is 2. The molecular weight excluding hydrogens is 294 g/mol. The lowest BCUT2D eigenvalue weighted by atomic mass is 10.1. The van der Waals surface area contributed by atoms with Crippen LogP contribution in [0.1, 0.15) is 25.2 Å². The highest BCUT2D eigenvalue weighted by Crippen LogP contribution is 2.38. The topological polar surface area (TPSA) is 60.6 Å². The maximum Gasteiger partial charge on any atom is 0.241 e. The minimum absolute atomic E-state index is 0.559. The molecule has 1 aromatic carbocycles. The first-order chi connectivity index (χ1) is 11.3. The van der Waals surface area contributed by atoms with E-state index >= 15 is 0 Å². The van der Waals surface area contributed by atoms with Crippen molar-refractivity contribution < 1.29 is 14.0 Å². The maximum atomic E-state index is 5.46. The van der Waals surface area contributed by atoms with Crippen molar-refractivity contribution in [2.75, 3.05) is 20.8 Å². The summed E-state index contributed by atoms with van der Waals surface area (Å²) in [6.07, 6.45) is 4.00. The van der Waals surface area contributed by atoms with Gasteiger partial charge in [-0.25, -0.2) is 0 Å². The van der Waals surface area contributed by atoms with Crippen molar-refractivity contribution in [3.05, 3.63) is 24.1 Å². The Balaban J connectivity index is 1.53. The number of hydrogen-bond donors (Lipinski definition) is 0. The molecule has 2 aromatic rings. The number of piperidine rings is 1. The summed E-state index contributed by atoms with van der Waals surface area (Å²) >= 11 is 0. The molecule has 4 rings (SSSR count). The number of rotatable bonds is 5. The summed E-state index contributed by atoms with van der Waals surface area (Å²) in [6, 6.07) is 6.29. The molecule has 2 fully saturated rings. The van der Waals surface area contributed by atoms with E-state index in [1.165, 1.54) is 19.3 Å². The third kappa shape index (κ3) is 2.67. The SMILES string of the molecule is COc1ccc(-c2noc(CN3CC4CCC3C4)n2)c(OC)c1. The molecule has 1 aliphatic carbocycles. The number of hydrogen-bond acceptors (Lipinski definition) is 6. The van der Waals surface area contributed by atoms with Crippen LogP contribution in [-0.2, 0) is 6.54 Å². The van der Waals surface area contributed by atoms with Crippen LogP contribution >= 0.6 is 0 Å². The molecule has 0 spiro atoms. The lowest BCUT2D eigenvalue weighted by Crippen LogP contribution is -2.31. The molecule has 122 valence electrons. The Morgan fingerprint density at radius 3 is 2.87 bits per heavy atom. The van der Waals surface area contributed by atoms with Gasteiger partial charge >= 0.3 is 0 Å². The standard InChI is InChI=1S/C17H21N3O3/c1-21-13-5-6-14(15(8-13)22-2)17-18-16(23-19-17)10-20-9-11-3-4-12(20)7-11/h5-6,8,11-12H,3-4,7,9-10H2,1-2H3. The maximum absolute atomic E-state index is 5.46. The Bertz CT molecular complexity index is 700. The van der Waals surface area contributed by atoms with Crippen LogP contribution in [0.5, 0.6) is 11.5 Å². The average molecular weight is 315 g/mol. The van der Waals surface area contributed by atoms with Crippen LogP contribution in [0, 0.1) is 5.92 Å². The van der Waals surface area contributed by atoms with Gasteiger partial charge in [0.05, 0.1) is 26.3 Å². The van der Waals surface area contributed by atoms with Gasteiger partial charge in [-0.15, -0.1) is 0 Å². The Hall–Kier alpha value is -2.08. The quantitative estimate of drug-likeness (QED) is 0.845. The van der Waals surface area contributed by atoms with Crippen LogP contribution in [0.3, 0.4) is 0 Å². The molecule has 2 aliphatic rings. The molecular formula is C17H21N3O3. The summed E-state index contributed by atoms with van der Waals surface area (Å²) in [5.41, 5.74) is 0.811. The molecule has 1 aliphatic heterocycles. The number of likely N-dealkylation sites (tertiary alicyclic amines) is 1. The molecule has 0 amide bonds. The van der Waals surface area contributed by atoms with Gasteiger partial charge in [0, 0.05) is 18.7 Å². The number of aromatic nitrogens is 2. The highest BCUT2D eigenvalue weighted by Gasteiger charge is 2.38. The van der Waals surface area contributed by atoms with Gasteiger partial charge in [-0.2, -0.15) is 4.98 Å². The fourth-order valence-electron chi connectivity index (χ4n) is 3.81. The average Bonchev–Trinajstić information content (AvgIpc) is 3.31. The largest absolute Gasteiger partial charge is 0.497 e. The number of nitrogens with zero attached hydrogens (tertiary/aromatic N) is 3. The van der Waals surface area contributed by atoms with E-state index in [1.807, 2.05) is 18.2 Å². The van der Waals surface area contributed by atoms with Crippen molar-refractivity contribution in [3.63, 3.8) is 0 Å². The number of ether oxygens (including phenoxy) is 2. The van der Waals surface area contributed by atoms with E-state index in [4.69, 9.17) is 14.0 Å². The van der Waals surface area contributed by atoms with Gasteiger partial charge in [0.25, 0.3) is 0 Å². The lowest BCUT2D eigenvalue weighted by molar-refractivity contribution is 0.180. The zero-order valence-corrected chi connectivity index (χ0v) is 13.5. The first kappa shape index (κ1) is 14.5. The minimum Gasteiger partial charge on any atom is -0.497 e. The summed E-state index contributed by atoms with van der Waals surface area (Å²) in [5.74, 6) is 3.51. The van der Waals surface area contributed by atoms with Gasteiger partial charge in [0.15, 0.2) is 0 Å². The smallest absolute Gasteiger partial charge is 0.241 e. The van der Waals surface area contributed by atoms with Crippen molar-refractivity contribution in [3.8, 4) is 22.9 Å². The molecule has 1 saturated carbocycles. The second-order valence-electron chi connectivity index (χ2n) is 6.34. The van der Waals surface area contributed by atoms with E-state index in [-0.39, 0.29) is 0 Å². The number of fused-ring (bicyclic) bond motifs is 2. The summed E-state index contributed by atoms with van der Waals surface area (Å²) in [7, 11) is 3.25. The van der Waals surface area contributed by atoms with E-state index in [2.05, 4.69) is 15.0 Å². The van der Waals surface area contributed by atoms with E-state index in [9.17, 15) is 0 Å². The summed E-state index contributed by atoms with van der Waals surface area (Å²) in [6.45, 7) is 1.90. The molecule has 0 N–H and O–H groups in total. The zero-order chi connectivity index (χ0) is 15.8. The first-order valence-corrected chi connectivity index (χ1v) is 8.06. The van der Waals surface area contributed by atoms with Crippen molar-refractivity contribution in [1.29, 1.82) is 0 Å². The van der Waals surface area contributed by atoms with Crippen LogP contribution < -0.4 is 9.47 Å². The monoisotopic (exact) mass is 315 g/mol. The van der Waals surface area contributed by atoms with Crippen LogP contribution in [0.15, 0.2) is 22.7 Å². The molecule has 2 heterocycles. The van der Waals surface area contributed by atoms with E-state index in [1.54, 1.807) is 14.2 Å². The third-order valence-electron chi connectivity index (χ3n) is 4.98. The predicted molar refractivity (Wildman–Crippen MR) is 84.4 cm³/mol. The van der Waals surface area contributed by atoms with E-state index < -0.39 is 0 Å². The van der Waals surface area contributed by atoms with Crippen molar-refractivity contribution in [2.45, 2.75) is 31.8 Å². The first-order valence-electron chi connectivity index (χ1n) is 8.06. The van der Waals surface area contributed by atoms with Crippen LogP contribution in [0.4, 0.5) is 0 Å². The van der Waals surface area contributed by atoms with Gasteiger partial charge < -0.3 is 14.0 Å². The Kier molecular flexibility index (Phi) is 3.69. The fourth-order valence-corrected chi connectivity index (χ4v) is 3.81. The van der Waals surface area contributed by atoms with E-state index in [0.717, 1.165) is 30.3 Å². The highest BCUT2D eigenvalue weighted by molar-refractivity contribution is 5.65. The Morgan fingerprint density at radius 2 is 2.17 bits per heavy atom. The zero-order valence-electron chi connectivity index (χ0n) is 13.5. The van der Waals surface area contributed by atoms with Gasteiger partial charge in [0.1, 0.15) is 11.5 Å². The van der Waals surface area contributed by atoms with Gasteiger partial charge in [0.2, 0.25) is 11.7 Å². The predicted octanol–water partition coefficient (Wildman–Crippen LogP) is 2.74.